The first-order valence-corrected chi connectivity index (χ1v) is 9.59. The third-order valence-electron chi connectivity index (χ3n) is 5.19. The predicted molar refractivity (Wildman–Crippen MR) is 111 cm³/mol. The van der Waals surface area contributed by atoms with Crippen LogP contribution in [0.25, 0.3) is 11.8 Å². The normalized spacial score (nSPS) is 18.2. The largest absolute Gasteiger partial charge is 0.495 e. The molecule has 0 fully saturated rings. The van der Waals surface area contributed by atoms with Gasteiger partial charge in [-0.1, -0.05) is 30.3 Å². The number of aryl methyl sites for hydroxylation is 1. The van der Waals surface area contributed by atoms with Crippen molar-refractivity contribution >= 4 is 12.0 Å². The molecule has 0 bridgehead atoms. The van der Waals surface area contributed by atoms with Gasteiger partial charge in [0.1, 0.15) is 5.75 Å². The fourth-order valence-corrected chi connectivity index (χ4v) is 3.72. The Balaban J connectivity index is 1.54. The minimum atomic E-state index is -0.945. The summed E-state index contributed by atoms with van der Waals surface area (Å²) in [5.41, 5.74) is 3.86. The average molecular weight is 407 g/mol. The van der Waals surface area contributed by atoms with Gasteiger partial charge < -0.3 is 19.7 Å². The van der Waals surface area contributed by atoms with Crippen molar-refractivity contribution < 1.29 is 19.0 Å². The van der Waals surface area contributed by atoms with Gasteiger partial charge in [-0.3, -0.25) is 4.79 Å². The number of aliphatic hydroxyl groups excluding tert-OH is 1. The van der Waals surface area contributed by atoms with Crippen molar-refractivity contribution in [1.29, 1.82) is 0 Å². The van der Waals surface area contributed by atoms with Crippen molar-refractivity contribution in [2.45, 2.75) is 25.5 Å². The average Bonchev–Trinajstić information content (AvgIpc) is 3.31. The zero-order chi connectivity index (χ0) is 21.3. The van der Waals surface area contributed by atoms with Crippen LogP contribution in [-0.4, -0.2) is 33.8 Å². The Morgan fingerprint density at radius 3 is 2.87 bits per heavy atom. The van der Waals surface area contributed by atoms with E-state index < -0.39 is 23.9 Å². The highest BCUT2D eigenvalue weighted by molar-refractivity contribution is 5.96. The number of hydrogen-bond donors (Lipinski definition) is 2. The van der Waals surface area contributed by atoms with Gasteiger partial charge in [-0.2, -0.15) is 0 Å². The van der Waals surface area contributed by atoms with Gasteiger partial charge in [-0.25, -0.2) is 9.37 Å². The number of carbonyl (C=O) groups is 1. The summed E-state index contributed by atoms with van der Waals surface area (Å²) in [5.74, 6) is -1.29. The van der Waals surface area contributed by atoms with Crippen LogP contribution in [0, 0.1) is 6.92 Å². The number of nitrogens with one attached hydrogen (secondary N) is 1. The summed E-state index contributed by atoms with van der Waals surface area (Å²) in [4.78, 5) is 16.6. The lowest BCUT2D eigenvalue weighted by Gasteiger charge is -2.17. The monoisotopic (exact) mass is 407 g/mol. The number of fused-ring (bicyclic) bond motifs is 1. The van der Waals surface area contributed by atoms with E-state index in [0.717, 1.165) is 28.6 Å². The molecule has 1 aliphatic rings. The summed E-state index contributed by atoms with van der Waals surface area (Å²) in [7, 11) is 1.53. The van der Waals surface area contributed by atoms with Crippen LogP contribution in [0.4, 0.5) is 4.39 Å². The molecule has 7 heteroatoms. The van der Waals surface area contributed by atoms with Crippen molar-refractivity contribution in [3.05, 3.63) is 83.2 Å². The van der Waals surface area contributed by atoms with Crippen molar-refractivity contribution in [3.8, 4) is 11.4 Å². The van der Waals surface area contributed by atoms with E-state index in [9.17, 15) is 14.3 Å². The lowest BCUT2D eigenvalue weighted by Crippen LogP contribution is -2.34. The number of rotatable bonds is 5. The Kier molecular flexibility index (Phi) is 5.37. The van der Waals surface area contributed by atoms with Gasteiger partial charge in [0.05, 0.1) is 37.0 Å². The van der Waals surface area contributed by atoms with Crippen LogP contribution in [0.2, 0.25) is 0 Å². The summed E-state index contributed by atoms with van der Waals surface area (Å²) in [6, 6.07) is 11.9. The lowest BCUT2D eigenvalue weighted by atomic mass is 10.1. The Bertz CT molecular complexity index is 1120. The predicted octanol–water partition coefficient (Wildman–Crippen LogP) is 3.27. The molecule has 0 radical (unpaired) electrons. The van der Waals surface area contributed by atoms with Crippen molar-refractivity contribution in [3.63, 3.8) is 0 Å². The molecule has 154 valence electrons. The highest BCUT2D eigenvalue weighted by atomic mass is 19.1. The number of methoxy groups -OCH3 is 1. The highest BCUT2D eigenvalue weighted by Gasteiger charge is 2.32. The van der Waals surface area contributed by atoms with Gasteiger partial charge in [0.25, 0.3) is 5.91 Å². The summed E-state index contributed by atoms with van der Waals surface area (Å²) >= 11 is 0. The van der Waals surface area contributed by atoms with Crippen LogP contribution in [-0.2, 0) is 11.2 Å². The number of ether oxygens (including phenoxy) is 1. The first-order valence-electron chi connectivity index (χ1n) is 9.59. The van der Waals surface area contributed by atoms with Gasteiger partial charge in [0.2, 0.25) is 0 Å². The maximum Gasteiger partial charge on any atom is 0.280 e. The smallest absolute Gasteiger partial charge is 0.280 e. The number of nitrogens with zero attached hydrogens (tertiary/aromatic N) is 2. The minimum absolute atomic E-state index is 0.429. The Morgan fingerprint density at radius 1 is 1.33 bits per heavy atom. The molecule has 0 saturated heterocycles. The fourth-order valence-electron chi connectivity index (χ4n) is 3.72. The summed E-state index contributed by atoms with van der Waals surface area (Å²) in [6.45, 7) is 1.88. The van der Waals surface area contributed by atoms with Gasteiger partial charge in [-0.15, -0.1) is 0 Å². The lowest BCUT2D eigenvalue weighted by molar-refractivity contribution is -0.120. The fraction of sp³-hybridized carbons (Fsp3) is 0.217. The van der Waals surface area contributed by atoms with E-state index in [1.54, 1.807) is 24.5 Å². The minimum Gasteiger partial charge on any atom is -0.495 e. The number of carbonyl (C=O) groups excluding carboxylic acids is 1. The second-order valence-corrected chi connectivity index (χ2v) is 7.27. The van der Waals surface area contributed by atoms with E-state index in [2.05, 4.69) is 10.3 Å². The number of aliphatic hydroxyl groups is 1. The number of halogens is 1. The molecule has 1 heterocycles. The molecular weight excluding hydrogens is 385 g/mol. The number of imidazole rings is 1. The van der Waals surface area contributed by atoms with Crippen LogP contribution >= 0.6 is 0 Å². The topological polar surface area (TPSA) is 76.4 Å². The summed E-state index contributed by atoms with van der Waals surface area (Å²) in [6.07, 6.45) is 4.32. The van der Waals surface area contributed by atoms with E-state index >= 15 is 0 Å². The number of hydrogen-bond acceptors (Lipinski definition) is 4. The van der Waals surface area contributed by atoms with Crippen LogP contribution in [0.5, 0.6) is 5.75 Å². The second-order valence-electron chi connectivity index (χ2n) is 7.27. The van der Waals surface area contributed by atoms with E-state index in [-0.39, 0.29) is 0 Å². The molecule has 0 saturated carbocycles. The molecule has 2 atom stereocenters. The van der Waals surface area contributed by atoms with Gasteiger partial charge >= 0.3 is 0 Å². The maximum atomic E-state index is 14.6. The molecule has 2 aromatic carbocycles. The molecule has 0 aliphatic heterocycles. The summed E-state index contributed by atoms with van der Waals surface area (Å²) in [5, 5.41) is 12.9. The Labute approximate surface area is 173 Å². The molecule has 1 amide bonds. The van der Waals surface area contributed by atoms with E-state index in [4.69, 9.17) is 4.74 Å². The Morgan fingerprint density at radius 2 is 2.13 bits per heavy atom. The highest BCUT2D eigenvalue weighted by Crippen LogP contribution is 2.31. The molecule has 2 N–H and O–H groups in total. The van der Waals surface area contributed by atoms with Gasteiger partial charge in [-0.05, 0) is 41.8 Å². The van der Waals surface area contributed by atoms with E-state index in [1.807, 2.05) is 42.0 Å². The van der Waals surface area contributed by atoms with Crippen molar-refractivity contribution in [1.82, 2.24) is 14.9 Å². The molecular formula is C23H22FN3O3. The maximum absolute atomic E-state index is 14.6. The van der Waals surface area contributed by atoms with Crippen LogP contribution < -0.4 is 10.1 Å². The van der Waals surface area contributed by atoms with Gasteiger partial charge in [0.15, 0.2) is 5.83 Å². The third kappa shape index (κ3) is 3.84. The van der Waals surface area contributed by atoms with Crippen LogP contribution in [0.1, 0.15) is 28.4 Å². The zero-order valence-electron chi connectivity index (χ0n) is 16.7. The van der Waals surface area contributed by atoms with Crippen LogP contribution in [0.15, 0.2) is 60.8 Å². The first-order chi connectivity index (χ1) is 14.5. The summed E-state index contributed by atoms with van der Waals surface area (Å²) < 4.78 is 21.8. The number of aromatic nitrogens is 2. The molecule has 4 rings (SSSR count). The molecule has 30 heavy (non-hydrogen) atoms. The first kappa shape index (κ1) is 19.8. The number of amides is 1. The molecule has 1 aromatic heterocycles. The van der Waals surface area contributed by atoms with Crippen molar-refractivity contribution in [2.24, 2.45) is 0 Å². The van der Waals surface area contributed by atoms with Crippen molar-refractivity contribution in [2.75, 3.05) is 7.11 Å². The second kappa shape index (κ2) is 8.12. The molecule has 0 spiro atoms. The SMILES string of the molecule is COc1cc(/C=C(/F)C(=O)N[C@@H]2c3ccccc3C[C@@H]2O)ccc1-n1cnc(C)c1. The molecule has 0 unspecified atom stereocenters. The Hall–Kier alpha value is -3.45. The molecule has 3 aromatic rings. The molecule has 6 nitrogen and oxygen atoms in total. The quantitative estimate of drug-likeness (QED) is 0.637. The van der Waals surface area contributed by atoms with E-state index in [0.29, 0.717) is 17.7 Å². The number of benzene rings is 2. The van der Waals surface area contributed by atoms with Gasteiger partial charge in [0, 0.05) is 12.6 Å². The standard InChI is InChI=1S/C23H22FN3O3/c1-14-12-27(13-25-14)19-8-7-15(10-21(19)30-2)9-18(24)23(29)26-22-17-6-4-3-5-16(17)11-20(22)28/h3-10,12-13,20,22,28H,11H2,1-2H3,(H,26,29)/b18-9+/t20-,22+/m0/s1. The van der Waals surface area contributed by atoms with E-state index in [1.165, 1.54) is 7.11 Å². The third-order valence-corrected chi connectivity index (χ3v) is 5.19. The molecule has 1 aliphatic carbocycles. The zero-order valence-corrected chi connectivity index (χ0v) is 16.7. The van der Waals surface area contributed by atoms with Crippen LogP contribution in [0.3, 0.4) is 0 Å².